The number of sulfonamides is 1. The van der Waals surface area contributed by atoms with Gasteiger partial charge in [-0.2, -0.15) is 0 Å². The Kier molecular flexibility index (Phi) is 12.3. The summed E-state index contributed by atoms with van der Waals surface area (Å²) in [4.78, 5) is 29.1. The fourth-order valence-electron chi connectivity index (χ4n) is 5.65. The van der Waals surface area contributed by atoms with E-state index in [-0.39, 0.29) is 34.8 Å². The lowest BCUT2D eigenvalue weighted by molar-refractivity contribution is -0.139. The van der Waals surface area contributed by atoms with Gasteiger partial charge in [0.05, 0.1) is 31.4 Å². The van der Waals surface area contributed by atoms with Crippen LogP contribution in [0.1, 0.15) is 51.5 Å². The van der Waals surface area contributed by atoms with E-state index in [2.05, 4.69) is 5.32 Å². The van der Waals surface area contributed by atoms with Crippen molar-refractivity contribution in [1.29, 1.82) is 0 Å². The minimum absolute atomic E-state index is 0.0700. The molecule has 0 saturated heterocycles. The predicted octanol–water partition coefficient (Wildman–Crippen LogP) is 5.21. The molecule has 2 amide bonds. The lowest BCUT2D eigenvalue weighted by Gasteiger charge is -2.33. The summed E-state index contributed by atoms with van der Waals surface area (Å²) in [6, 6.07) is 19.7. The highest BCUT2D eigenvalue weighted by Gasteiger charge is 2.33. The Morgan fingerprint density at radius 2 is 1.59 bits per heavy atom. The van der Waals surface area contributed by atoms with Crippen LogP contribution in [0.3, 0.4) is 0 Å². The number of nitrogens with one attached hydrogen (secondary N) is 1. The third-order valence-electron chi connectivity index (χ3n) is 8.26. The van der Waals surface area contributed by atoms with Gasteiger partial charge >= 0.3 is 0 Å². The van der Waals surface area contributed by atoms with Gasteiger partial charge in [0.15, 0.2) is 11.5 Å². The zero-order valence-corrected chi connectivity index (χ0v) is 27.9. The van der Waals surface area contributed by atoms with Crippen LogP contribution in [0, 0.1) is 0 Å². The zero-order chi connectivity index (χ0) is 33.1. The van der Waals surface area contributed by atoms with Crippen molar-refractivity contribution in [3.05, 3.63) is 78.4 Å². The third kappa shape index (κ3) is 8.72. The summed E-state index contributed by atoms with van der Waals surface area (Å²) >= 11 is 0. The van der Waals surface area contributed by atoms with Crippen molar-refractivity contribution in [2.45, 2.75) is 69.4 Å². The van der Waals surface area contributed by atoms with Crippen LogP contribution in [0.4, 0.5) is 5.69 Å². The number of ether oxygens (including phenoxy) is 3. The number of rotatable bonds is 15. The van der Waals surface area contributed by atoms with E-state index >= 15 is 0 Å². The monoisotopic (exact) mass is 651 g/mol. The fourth-order valence-corrected chi connectivity index (χ4v) is 7.08. The van der Waals surface area contributed by atoms with Crippen LogP contribution in [-0.4, -0.2) is 71.1 Å². The van der Waals surface area contributed by atoms with Gasteiger partial charge in [-0.05, 0) is 75.1 Å². The first-order valence-electron chi connectivity index (χ1n) is 15.8. The Morgan fingerprint density at radius 1 is 0.913 bits per heavy atom. The average Bonchev–Trinajstić information content (AvgIpc) is 3.08. The number of methoxy groups -OCH3 is 2. The molecule has 3 aromatic rings. The van der Waals surface area contributed by atoms with Crippen LogP contribution in [0.5, 0.6) is 17.2 Å². The van der Waals surface area contributed by atoms with Crippen LogP contribution in [0.2, 0.25) is 0 Å². The highest BCUT2D eigenvalue weighted by Crippen LogP contribution is 2.33. The number of carbonyl (C=O) groups excluding carboxylic acids is 2. The standard InChI is InChI=1S/C35H45N3O7S/c1-5-45-30-18-16-29(17-19-30)38(46(41,42)31-20-21-32(43-3)33(24-31)44-4)25-34(39)37(23-22-27-12-8-6-9-13-27)26(2)35(40)36-28-14-10-7-11-15-28/h6,8-9,12-13,16-21,24,26,28H,5,7,10-11,14-15,22-23,25H2,1-4H3,(H,36,40)/t26-/m0/s1. The van der Waals surface area contributed by atoms with Crippen molar-refractivity contribution >= 4 is 27.5 Å². The van der Waals surface area contributed by atoms with E-state index in [1.54, 1.807) is 31.2 Å². The van der Waals surface area contributed by atoms with Gasteiger partial charge in [-0.25, -0.2) is 8.42 Å². The highest BCUT2D eigenvalue weighted by molar-refractivity contribution is 7.92. The Hall–Kier alpha value is -4.25. The summed E-state index contributed by atoms with van der Waals surface area (Å²) in [7, 11) is -1.40. The maximum absolute atomic E-state index is 14.3. The Labute approximate surface area is 272 Å². The lowest BCUT2D eigenvalue weighted by atomic mass is 9.95. The smallest absolute Gasteiger partial charge is 0.264 e. The van der Waals surface area contributed by atoms with E-state index in [9.17, 15) is 18.0 Å². The molecule has 1 aliphatic rings. The number of amides is 2. The van der Waals surface area contributed by atoms with E-state index in [1.165, 1.54) is 37.3 Å². The van der Waals surface area contributed by atoms with Gasteiger partial charge in [0.25, 0.3) is 10.0 Å². The van der Waals surface area contributed by atoms with Crippen LogP contribution in [-0.2, 0) is 26.0 Å². The van der Waals surface area contributed by atoms with Crippen molar-refractivity contribution in [3.8, 4) is 17.2 Å². The van der Waals surface area contributed by atoms with Gasteiger partial charge in [0.2, 0.25) is 11.8 Å². The molecule has 0 bridgehead atoms. The minimum Gasteiger partial charge on any atom is -0.494 e. The predicted molar refractivity (Wildman–Crippen MR) is 178 cm³/mol. The van der Waals surface area contributed by atoms with Crippen LogP contribution >= 0.6 is 0 Å². The number of anilines is 1. The van der Waals surface area contributed by atoms with Crippen molar-refractivity contribution in [2.24, 2.45) is 0 Å². The van der Waals surface area contributed by atoms with Crippen molar-refractivity contribution < 1.29 is 32.2 Å². The second-order valence-electron chi connectivity index (χ2n) is 11.3. The van der Waals surface area contributed by atoms with E-state index < -0.39 is 28.5 Å². The first-order chi connectivity index (χ1) is 22.2. The molecule has 1 saturated carbocycles. The SMILES string of the molecule is CCOc1ccc(N(CC(=O)N(CCc2ccccc2)[C@@H](C)C(=O)NC2CCCCC2)S(=O)(=O)c2ccc(OC)c(OC)c2)cc1. The van der Waals surface area contributed by atoms with Gasteiger partial charge in [-0.1, -0.05) is 49.6 Å². The Bertz CT molecular complexity index is 1540. The number of carbonyl (C=O) groups is 2. The van der Waals surface area contributed by atoms with E-state index in [0.717, 1.165) is 42.0 Å². The van der Waals surface area contributed by atoms with Crippen LogP contribution in [0.15, 0.2) is 77.7 Å². The molecule has 1 atom stereocenters. The molecule has 46 heavy (non-hydrogen) atoms. The molecule has 0 heterocycles. The number of nitrogens with zero attached hydrogens (tertiary/aromatic N) is 2. The maximum Gasteiger partial charge on any atom is 0.264 e. The molecule has 1 N–H and O–H groups in total. The van der Waals surface area contributed by atoms with Crippen molar-refractivity contribution in [2.75, 3.05) is 38.2 Å². The second kappa shape index (κ2) is 16.4. The largest absolute Gasteiger partial charge is 0.494 e. The van der Waals surface area contributed by atoms with Crippen LogP contribution in [0.25, 0.3) is 0 Å². The minimum atomic E-state index is -4.29. The summed E-state index contributed by atoms with van der Waals surface area (Å²) in [6.07, 6.45) is 5.58. The van der Waals surface area contributed by atoms with Crippen molar-refractivity contribution in [1.82, 2.24) is 10.2 Å². The van der Waals surface area contributed by atoms with E-state index in [0.29, 0.717) is 24.5 Å². The van der Waals surface area contributed by atoms with Crippen molar-refractivity contribution in [3.63, 3.8) is 0 Å². The van der Waals surface area contributed by atoms with Gasteiger partial charge in [0, 0.05) is 18.7 Å². The zero-order valence-electron chi connectivity index (χ0n) is 27.1. The Balaban J connectivity index is 1.68. The Morgan fingerprint density at radius 3 is 2.22 bits per heavy atom. The summed E-state index contributed by atoms with van der Waals surface area (Å²) < 4.78 is 45.8. The molecule has 248 valence electrons. The molecular formula is C35H45N3O7S. The number of hydrogen-bond acceptors (Lipinski definition) is 7. The lowest BCUT2D eigenvalue weighted by Crippen LogP contribution is -2.53. The average molecular weight is 652 g/mol. The molecule has 1 aliphatic carbocycles. The number of benzene rings is 3. The summed E-state index contributed by atoms with van der Waals surface area (Å²) in [5.74, 6) is 0.427. The molecule has 0 spiro atoms. The van der Waals surface area contributed by atoms with Gasteiger partial charge in [-0.3, -0.25) is 13.9 Å². The molecule has 11 heteroatoms. The molecule has 3 aromatic carbocycles. The molecule has 1 fully saturated rings. The molecular weight excluding hydrogens is 606 g/mol. The summed E-state index contributed by atoms with van der Waals surface area (Å²) in [6.45, 7) is 3.71. The summed E-state index contributed by atoms with van der Waals surface area (Å²) in [5.41, 5.74) is 1.27. The van der Waals surface area contributed by atoms with Gasteiger partial charge in [0.1, 0.15) is 18.3 Å². The molecule has 4 rings (SSSR count). The topological polar surface area (TPSA) is 114 Å². The third-order valence-corrected chi connectivity index (χ3v) is 10.0. The molecule has 0 aliphatic heterocycles. The quantitative estimate of drug-likeness (QED) is 0.240. The first kappa shape index (κ1) is 34.6. The molecule has 0 aromatic heterocycles. The maximum atomic E-state index is 14.3. The molecule has 10 nitrogen and oxygen atoms in total. The number of hydrogen-bond donors (Lipinski definition) is 1. The van der Waals surface area contributed by atoms with Gasteiger partial charge in [-0.15, -0.1) is 0 Å². The summed E-state index contributed by atoms with van der Waals surface area (Å²) in [5, 5.41) is 3.13. The molecule has 0 unspecified atom stereocenters. The normalized spacial score (nSPS) is 14.2. The molecule has 0 radical (unpaired) electrons. The van der Waals surface area contributed by atoms with Gasteiger partial charge < -0.3 is 24.4 Å². The van der Waals surface area contributed by atoms with Crippen LogP contribution < -0.4 is 23.8 Å². The first-order valence-corrected chi connectivity index (χ1v) is 17.2. The fraction of sp³-hybridized carbons (Fsp3) is 0.429. The van der Waals surface area contributed by atoms with E-state index in [4.69, 9.17) is 14.2 Å². The highest BCUT2D eigenvalue weighted by atomic mass is 32.2. The second-order valence-corrected chi connectivity index (χ2v) is 13.2. The van der Waals surface area contributed by atoms with E-state index in [1.807, 2.05) is 37.3 Å².